The summed E-state index contributed by atoms with van der Waals surface area (Å²) in [5.41, 5.74) is 0.925. The molecule has 0 spiro atoms. The molecule has 1 aromatic heterocycles. The van der Waals surface area contributed by atoms with Crippen LogP contribution in [0.2, 0.25) is 0 Å². The van der Waals surface area contributed by atoms with Gasteiger partial charge in [-0.25, -0.2) is 0 Å². The van der Waals surface area contributed by atoms with Gasteiger partial charge in [-0.15, -0.1) is 5.10 Å². The van der Waals surface area contributed by atoms with Gasteiger partial charge < -0.3 is 5.11 Å². The highest BCUT2D eigenvalue weighted by Gasteiger charge is 2.32. The summed E-state index contributed by atoms with van der Waals surface area (Å²) >= 11 is 1.32. The fraction of sp³-hybridized carbons (Fsp3) is 0.571. The smallest absolute Gasteiger partial charge is 0.309 e. The van der Waals surface area contributed by atoms with Crippen LogP contribution in [0.25, 0.3) is 0 Å². The SMILES string of the molecule is O=C(O)C1CN(Cc2csnn2)C1. The molecule has 6 heteroatoms. The van der Waals surface area contributed by atoms with Crippen LogP contribution in [0.15, 0.2) is 5.38 Å². The first-order valence-corrected chi connectivity index (χ1v) is 4.80. The van der Waals surface area contributed by atoms with Crippen LogP contribution < -0.4 is 0 Å². The topological polar surface area (TPSA) is 66.3 Å². The average Bonchev–Trinajstić information content (AvgIpc) is 2.46. The van der Waals surface area contributed by atoms with E-state index in [1.807, 2.05) is 5.38 Å². The summed E-state index contributed by atoms with van der Waals surface area (Å²) in [4.78, 5) is 12.5. The van der Waals surface area contributed by atoms with Gasteiger partial charge in [0.05, 0.1) is 11.6 Å². The molecule has 1 aliphatic heterocycles. The normalized spacial score (nSPS) is 18.5. The van der Waals surface area contributed by atoms with Gasteiger partial charge in [-0.2, -0.15) is 0 Å². The van der Waals surface area contributed by atoms with E-state index in [0.29, 0.717) is 13.1 Å². The number of likely N-dealkylation sites (tertiary alicyclic amines) is 1. The van der Waals surface area contributed by atoms with Crippen molar-refractivity contribution in [3.05, 3.63) is 11.1 Å². The highest BCUT2D eigenvalue weighted by atomic mass is 32.1. The second kappa shape index (κ2) is 3.39. The fourth-order valence-electron chi connectivity index (χ4n) is 1.34. The molecule has 5 nitrogen and oxygen atoms in total. The zero-order valence-corrected chi connectivity index (χ0v) is 7.70. The molecule has 0 bridgehead atoms. The van der Waals surface area contributed by atoms with E-state index in [1.165, 1.54) is 11.5 Å². The minimum absolute atomic E-state index is 0.188. The van der Waals surface area contributed by atoms with Crippen molar-refractivity contribution in [3.63, 3.8) is 0 Å². The minimum Gasteiger partial charge on any atom is -0.481 e. The summed E-state index contributed by atoms with van der Waals surface area (Å²) < 4.78 is 3.74. The number of aliphatic carboxylic acids is 1. The van der Waals surface area contributed by atoms with Crippen LogP contribution in [0.4, 0.5) is 0 Å². The Morgan fingerprint density at radius 2 is 2.54 bits per heavy atom. The van der Waals surface area contributed by atoms with Crippen molar-refractivity contribution in [2.45, 2.75) is 6.54 Å². The van der Waals surface area contributed by atoms with Crippen LogP contribution in [0, 0.1) is 5.92 Å². The molecule has 1 aliphatic rings. The van der Waals surface area contributed by atoms with Crippen LogP contribution >= 0.6 is 11.5 Å². The lowest BCUT2D eigenvalue weighted by atomic mass is 10.0. The van der Waals surface area contributed by atoms with Gasteiger partial charge in [0, 0.05) is 25.0 Å². The maximum absolute atomic E-state index is 10.5. The summed E-state index contributed by atoms with van der Waals surface area (Å²) in [6.07, 6.45) is 0. The number of carboxylic acids is 1. The lowest BCUT2D eigenvalue weighted by Gasteiger charge is -2.35. The van der Waals surface area contributed by atoms with Gasteiger partial charge in [-0.1, -0.05) is 4.49 Å². The van der Waals surface area contributed by atoms with Crippen molar-refractivity contribution in [3.8, 4) is 0 Å². The van der Waals surface area contributed by atoms with Crippen LogP contribution in [0.5, 0.6) is 0 Å². The molecule has 1 N–H and O–H groups in total. The number of carbonyl (C=O) groups is 1. The van der Waals surface area contributed by atoms with E-state index < -0.39 is 5.97 Å². The molecule has 13 heavy (non-hydrogen) atoms. The van der Waals surface area contributed by atoms with E-state index in [-0.39, 0.29) is 5.92 Å². The first-order chi connectivity index (χ1) is 6.25. The number of rotatable bonds is 3. The molecule has 1 fully saturated rings. The Morgan fingerprint density at radius 3 is 3.08 bits per heavy atom. The fourth-order valence-corrected chi connectivity index (χ4v) is 1.78. The van der Waals surface area contributed by atoms with Gasteiger partial charge >= 0.3 is 5.97 Å². The van der Waals surface area contributed by atoms with E-state index in [0.717, 1.165) is 12.2 Å². The standard InChI is InChI=1S/C7H9N3O2S/c11-7(12)5-1-10(2-5)3-6-4-13-9-8-6/h4-5H,1-3H2,(H,11,12). The number of hydrogen-bond acceptors (Lipinski definition) is 5. The Balaban J connectivity index is 1.79. The Kier molecular flexibility index (Phi) is 2.24. The van der Waals surface area contributed by atoms with E-state index in [2.05, 4.69) is 14.5 Å². The third-order valence-corrected chi connectivity index (χ3v) is 2.65. The number of hydrogen-bond donors (Lipinski definition) is 1. The second-order valence-corrected chi connectivity index (χ2v) is 3.74. The van der Waals surface area contributed by atoms with E-state index in [1.54, 1.807) is 0 Å². The number of carboxylic acid groups (broad SMARTS) is 1. The second-order valence-electron chi connectivity index (χ2n) is 3.13. The van der Waals surface area contributed by atoms with Gasteiger partial charge in [0.1, 0.15) is 0 Å². The van der Waals surface area contributed by atoms with E-state index in [4.69, 9.17) is 5.11 Å². The third kappa shape index (κ3) is 1.84. The summed E-state index contributed by atoms with van der Waals surface area (Å²) in [5.74, 6) is -0.890. The Bertz CT molecular complexity index is 295. The highest BCUT2D eigenvalue weighted by molar-refractivity contribution is 7.03. The third-order valence-electron chi connectivity index (χ3n) is 2.10. The van der Waals surface area contributed by atoms with Crippen LogP contribution in [0.1, 0.15) is 5.69 Å². The summed E-state index contributed by atoms with van der Waals surface area (Å²) in [6, 6.07) is 0. The van der Waals surface area contributed by atoms with Gasteiger partial charge in [-0.05, 0) is 11.5 Å². The molecule has 0 atom stereocenters. The molecule has 0 aliphatic carbocycles. The molecule has 70 valence electrons. The summed E-state index contributed by atoms with van der Waals surface area (Å²) in [5, 5.41) is 14.4. The first-order valence-electron chi connectivity index (χ1n) is 3.97. The molecule has 0 aromatic carbocycles. The van der Waals surface area contributed by atoms with Crippen molar-refractivity contribution in [2.75, 3.05) is 13.1 Å². The minimum atomic E-state index is -0.701. The molecule has 1 saturated heterocycles. The Labute approximate surface area is 79.2 Å². The van der Waals surface area contributed by atoms with E-state index in [9.17, 15) is 4.79 Å². The number of nitrogens with zero attached hydrogens (tertiary/aromatic N) is 3. The molecule has 0 amide bonds. The predicted octanol–water partition coefficient (Wildman–Crippen LogP) is 0.0545. The van der Waals surface area contributed by atoms with Gasteiger partial charge in [0.15, 0.2) is 0 Å². The zero-order chi connectivity index (χ0) is 9.26. The molecule has 0 saturated carbocycles. The summed E-state index contributed by atoms with van der Waals surface area (Å²) in [7, 11) is 0. The number of aromatic nitrogens is 2. The van der Waals surface area contributed by atoms with Gasteiger partial charge in [-0.3, -0.25) is 9.69 Å². The molecular formula is C7H9N3O2S. The first kappa shape index (κ1) is 8.58. The van der Waals surface area contributed by atoms with Crippen molar-refractivity contribution in [1.29, 1.82) is 0 Å². The zero-order valence-electron chi connectivity index (χ0n) is 6.88. The largest absolute Gasteiger partial charge is 0.481 e. The quantitative estimate of drug-likeness (QED) is 0.745. The maximum atomic E-state index is 10.5. The Hall–Kier alpha value is -1.01. The molecular weight excluding hydrogens is 190 g/mol. The van der Waals surface area contributed by atoms with Gasteiger partial charge in [0.25, 0.3) is 0 Å². The van der Waals surface area contributed by atoms with Crippen molar-refractivity contribution in [2.24, 2.45) is 5.92 Å². The monoisotopic (exact) mass is 199 g/mol. The molecule has 1 aromatic rings. The van der Waals surface area contributed by atoms with Crippen molar-refractivity contribution >= 4 is 17.5 Å². The van der Waals surface area contributed by atoms with Gasteiger partial charge in [0.2, 0.25) is 0 Å². The molecule has 0 unspecified atom stereocenters. The highest BCUT2D eigenvalue weighted by Crippen LogP contribution is 2.17. The van der Waals surface area contributed by atoms with Crippen molar-refractivity contribution < 1.29 is 9.90 Å². The average molecular weight is 199 g/mol. The molecule has 2 rings (SSSR count). The lowest BCUT2D eigenvalue weighted by Crippen LogP contribution is -2.49. The van der Waals surface area contributed by atoms with E-state index >= 15 is 0 Å². The predicted molar refractivity (Wildman–Crippen MR) is 46.3 cm³/mol. The van der Waals surface area contributed by atoms with Crippen LogP contribution in [-0.4, -0.2) is 38.7 Å². The lowest BCUT2D eigenvalue weighted by molar-refractivity contribution is -0.147. The van der Waals surface area contributed by atoms with Crippen LogP contribution in [0.3, 0.4) is 0 Å². The Morgan fingerprint density at radius 1 is 1.77 bits per heavy atom. The maximum Gasteiger partial charge on any atom is 0.309 e. The molecule has 0 radical (unpaired) electrons. The van der Waals surface area contributed by atoms with Crippen molar-refractivity contribution in [1.82, 2.24) is 14.5 Å². The summed E-state index contributed by atoms with van der Waals surface area (Å²) in [6.45, 7) is 1.99. The molecule has 2 heterocycles. The van der Waals surface area contributed by atoms with Crippen LogP contribution in [-0.2, 0) is 11.3 Å².